The average Bonchev–Trinajstić information content (AvgIpc) is 2.52. The lowest BCUT2D eigenvalue weighted by atomic mass is 10.1. The minimum atomic E-state index is 0.673. The van der Waals surface area contributed by atoms with E-state index in [0.29, 0.717) is 17.2 Å². The second-order valence-corrected chi connectivity index (χ2v) is 3.91. The quantitative estimate of drug-likeness (QED) is 0.837. The van der Waals surface area contributed by atoms with Crippen LogP contribution in [0.15, 0.2) is 30.7 Å². The van der Waals surface area contributed by atoms with E-state index in [0.717, 1.165) is 11.3 Å². The first-order chi connectivity index (χ1) is 9.78. The van der Waals surface area contributed by atoms with Crippen molar-refractivity contribution in [3.05, 3.63) is 42.0 Å². The van der Waals surface area contributed by atoms with Crippen molar-refractivity contribution in [2.75, 3.05) is 21.3 Å². The summed E-state index contributed by atoms with van der Waals surface area (Å²) >= 11 is 0. The Kier molecular flexibility index (Phi) is 4.55. The topological polar surface area (TPSA) is 53.5 Å². The Morgan fingerprint density at radius 1 is 0.950 bits per heavy atom. The summed E-state index contributed by atoms with van der Waals surface area (Å²) in [5.74, 6) is 2.02. The van der Waals surface area contributed by atoms with Crippen molar-refractivity contribution in [1.29, 1.82) is 0 Å². The molecule has 0 radical (unpaired) electrons. The summed E-state index contributed by atoms with van der Waals surface area (Å²) in [5.41, 5.74) is 1.63. The fraction of sp³-hybridized carbons (Fsp3) is 0.200. The van der Waals surface area contributed by atoms with Gasteiger partial charge in [-0.05, 0) is 18.2 Å². The largest absolute Gasteiger partial charge is 0.496 e. The second-order valence-electron chi connectivity index (χ2n) is 3.91. The molecular formula is C15H16N2O3. The van der Waals surface area contributed by atoms with Crippen LogP contribution in [0.4, 0.5) is 0 Å². The Bertz CT molecular complexity index is 572. The van der Waals surface area contributed by atoms with Gasteiger partial charge in [0.05, 0.1) is 32.6 Å². The summed E-state index contributed by atoms with van der Waals surface area (Å²) < 4.78 is 16.0. The van der Waals surface area contributed by atoms with E-state index in [9.17, 15) is 0 Å². The van der Waals surface area contributed by atoms with Gasteiger partial charge in [-0.15, -0.1) is 0 Å². The molecule has 1 aromatic carbocycles. The van der Waals surface area contributed by atoms with Crippen molar-refractivity contribution >= 4 is 12.2 Å². The summed E-state index contributed by atoms with van der Waals surface area (Å²) in [6.07, 6.45) is 6.95. The molecule has 2 rings (SSSR count). The van der Waals surface area contributed by atoms with Gasteiger partial charge in [-0.25, -0.2) is 9.97 Å². The van der Waals surface area contributed by atoms with Crippen molar-refractivity contribution < 1.29 is 14.2 Å². The maximum atomic E-state index is 5.37. The van der Waals surface area contributed by atoms with Crippen LogP contribution in [0.25, 0.3) is 12.2 Å². The Balaban J connectivity index is 2.42. The maximum Gasteiger partial charge on any atom is 0.133 e. The molecule has 1 heterocycles. The number of nitrogens with zero attached hydrogens (tertiary/aromatic N) is 2. The normalized spacial score (nSPS) is 10.6. The fourth-order valence-corrected chi connectivity index (χ4v) is 1.77. The van der Waals surface area contributed by atoms with Gasteiger partial charge < -0.3 is 14.2 Å². The van der Waals surface area contributed by atoms with E-state index < -0.39 is 0 Å². The molecule has 0 aliphatic heterocycles. The Morgan fingerprint density at radius 3 is 2.15 bits per heavy atom. The predicted octanol–water partition coefficient (Wildman–Crippen LogP) is 2.67. The molecule has 5 nitrogen and oxygen atoms in total. The Labute approximate surface area is 117 Å². The molecule has 0 saturated heterocycles. The Morgan fingerprint density at radius 2 is 1.65 bits per heavy atom. The van der Waals surface area contributed by atoms with Gasteiger partial charge in [0, 0.05) is 18.3 Å². The molecule has 0 bridgehead atoms. The first kappa shape index (κ1) is 13.9. The fourth-order valence-electron chi connectivity index (χ4n) is 1.77. The standard InChI is InChI=1S/C15H16N2O3/c1-18-12-8-14(19-2)13(15(9-12)20-3)5-4-11-6-7-16-10-17-11/h4-10H,1-3H3/b5-4+. The highest BCUT2D eigenvalue weighted by Gasteiger charge is 2.10. The third-order valence-corrected chi connectivity index (χ3v) is 2.78. The molecule has 2 aromatic rings. The highest BCUT2D eigenvalue weighted by molar-refractivity contribution is 5.75. The van der Waals surface area contributed by atoms with Crippen LogP contribution in [-0.4, -0.2) is 31.3 Å². The molecule has 0 N–H and O–H groups in total. The van der Waals surface area contributed by atoms with Crippen molar-refractivity contribution in [3.63, 3.8) is 0 Å². The van der Waals surface area contributed by atoms with Gasteiger partial charge in [0.15, 0.2) is 0 Å². The predicted molar refractivity (Wildman–Crippen MR) is 77.1 cm³/mol. The molecule has 0 unspecified atom stereocenters. The summed E-state index contributed by atoms with van der Waals surface area (Å²) in [6.45, 7) is 0. The molecule has 0 atom stereocenters. The van der Waals surface area contributed by atoms with E-state index in [1.165, 1.54) is 6.33 Å². The van der Waals surface area contributed by atoms with Crippen LogP contribution >= 0.6 is 0 Å². The summed E-state index contributed by atoms with van der Waals surface area (Å²) in [4.78, 5) is 8.01. The van der Waals surface area contributed by atoms with Crippen LogP contribution < -0.4 is 14.2 Å². The summed E-state index contributed by atoms with van der Waals surface area (Å²) in [5, 5.41) is 0. The van der Waals surface area contributed by atoms with Gasteiger partial charge in [0.1, 0.15) is 23.6 Å². The molecule has 1 aromatic heterocycles. The van der Waals surface area contributed by atoms with Crippen LogP contribution in [0.5, 0.6) is 17.2 Å². The lowest BCUT2D eigenvalue weighted by Crippen LogP contribution is -1.94. The minimum Gasteiger partial charge on any atom is -0.496 e. The molecule has 0 spiro atoms. The van der Waals surface area contributed by atoms with E-state index in [1.54, 1.807) is 27.5 Å². The van der Waals surface area contributed by atoms with Gasteiger partial charge in [-0.2, -0.15) is 0 Å². The van der Waals surface area contributed by atoms with Crippen LogP contribution in [0, 0.1) is 0 Å². The van der Waals surface area contributed by atoms with Crippen LogP contribution in [-0.2, 0) is 0 Å². The van der Waals surface area contributed by atoms with Gasteiger partial charge >= 0.3 is 0 Å². The van der Waals surface area contributed by atoms with E-state index in [2.05, 4.69) is 9.97 Å². The van der Waals surface area contributed by atoms with Gasteiger partial charge in [-0.1, -0.05) is 0 Å². The highest BCUT2D eigenvalue weighted by Crippen LogP contribution is 2.35. The van der Waals surface area contributed by atoms with E-state index in [1.807, 2.05) is 30.4 Å². The van der Waals surface area contributed by atoms with Crippen LogP contribution in [0.3, 0.4) is 0 Å². The molecule has 0 aliphatic carbocycles. The molecule has 0 amide bonds. The van der Waals surface area contributed by atoms with Crippen molar-refractivity contribution in [1.82, 2.24) is 9.97 Å². The molecule has 0 fully saturated rings. The van der Waals surface area contributed by atoms with E-state index in [-0.39, 0.29) is 0 Å². The lowest BCUT2D eigenvalue weighted by Gasteiger charge is -2.12. The zero-order valence-corrected chi connectivity index (χ0v) is 11.7. The van der Waals surface area contributed by atoms with Gasteiger partial charge in [0.25, 0.3) is 0 Å². The number of benzene rings is 1. The maximum absolute atomic E-state index is 5.37. The zero-order valence-electron chi connectivity index (χ0n) is 11.7. The lowest BCUT2D eigenvalue weighted by molar-refractivity contribution is 0.374. The average molecular weight is 272 g/mol. The summed E-state index contributed by atoms with van der Waals surface area (Å²) in [6, 6.07) is 5.43. The number of hydrogen-bond acceptors (Lipinski definition) is 5. The van der Waals surface area contributed by atoms with Gasteiger partial charge in [0.2, 0.25) is 0 Å². The monoisotopic (exact) mass is 272 g/mol. The minimum absolute atomic E-state index is 0.673. The number of rotatable bonds is 5. The van der Waals surface area contributed by atoms with Crippen LogP contribution in [0.2, 0.25) is 0 Å². The van der Waals surface area contributed by atoms with Crippen LogP contribution in [0.1, 0.15) is 11.3 Å². The van der Waals surface area contributed by atoms with E-state index >= 15 is 0 Å². The molecule has 0 aliphatic rings. The Hall–Kier alpha value is -2.56. The molecule has 20 heavy (non-hydrogen) atoms. The molecule has 0 saturated carbocycles. The summed E-state index contributed by atoms with van der Waals surface area (Å²) in [7, 11) is 4.82. The molecular weight excluding hydrogens is 256 g/mol. The zero-order chi connectivity index (χ0) is 14.4. The second kappa shape index (κ2) is 6.56. The smallest absolute Gasteiger partial charge is 0.133 e. The van der Waals surface area contributed by atoms with Gasteiger partial charge in [-0.3, -0.25) is 0 Å². The third-order valence-electron chi connectivity index (χ3n) is 2.78. The van der Waals surface area contributed by atoms with Crippen molar-refractivity contribution in [2.24, 2.45) is 0 Å². The van der Waals surface area contributed by atoms with Crippen molar-refractivity contribution in [3.8, 4) is 17.2 Å². The third kappa shape index (κ3) is 3.06. The number of hydrogen-bond donors (Lipinski definition) is 0. The van der Waals surface area contributed by atoms with E-state index in [4.69, 9.17) is 14.2 Å². The SMILES string of the molecule is COc1cc(OC)c(/C=C/c2ccncn2)c(OC)c1. The number of aromatic nitrogens is 2. The number of ether oxygens (including phenoxy) is 3. The first-order valence-electron chi connectivity index (χ1n) is 6.02. The number of methoxy groups -OCH3 is 3. The molecule has 5 heteroatoms. The van der Waals surface area contributed by atoms with Crippen molar-refractivity contribution in [2.45, 2.75) is 0 Å². The molecule has 104 valence electrons. The highest BCUT2D eigenvalue weighted by atomic mass is 16.5. The first-order valence-corrected chi connectivity index (χ1v) is 6.02.